The minimum absolute atomic E-state index is 0.165. The molecule has 2 rings (SSSR count). The van der Waals surface area contributed by atoms with Gasteiger partial charge in [-0.05, 0) is 25.1 Å². The molecule has 0 aliphatic heterocycles. The van der Waals surface area contributed by atoms with Crippen LogP contribution in [0.3, 0.4) is 0 Å². The summed E-state index contributed by atoms with van der Waals surface area (Å²) < 4.78 is 6.00. The highest BCUT2D eigenvalue weighted by Crippen LogP contribution is 2.29. The Kier molecular flexibility index (Phi) is 3.28. The summed E-state index contributed by atoms with van der Waals surface area (Å²) in [6.07, 6.45) is 0. The number of nitrogens with one attached hydrogen (secondary N) is 1. The molecular formula is C12H11BrN2O2. The second kappa shape index (κ2) is 4.71. The van der Waals surface area contributed by atoms with E-state index in [-0.39, 0.29) is 5.56 Å². The molecule has 0 atom stereocenters. The molecule has 1 heterocycles. The van der Waals surface area contributed by atoms with Crippen LogP contribution in [0.4, 0.5) is 0 Å². The van der Waals surface area contributed by atoms with Crippen molar-refractivity contribution in [2.24, 2.45) is 0 Å². The zero-order chi connectivity index (χ0) is 12.4. The maximum atomic E-state index is 11.4. The van der Waals surface area contributed by atoms with Crippen LogP contribution in [0.2, 0.25) is 0 Å². The van der Waals surface area contributed by atoms with E-state index >= 15 is 0 Å². The number of benzene rings is 1. The number of methoxy groups -OCH3 is 1. The first-order chi connectivity index (χ1) is 8.10. The zero-order valence-electron chi connectivity index (χ0n) is 9.45. The summed E-state index contributed by atoms with van der Waals surface area (Å²) >= 11 is 3.43. The molecule has 5 heteroatoms. The van der Waals surface area contributed by atoms with Gasteiger partial charge in [0.05, 0.1) is 7.11 Å². The number of hydrogen-bond donors (Lipinski definition) is 1. The van der Waals surface area contributed by atoms with Crippen LogP contribution in [-0.4, -0.2) is 17.1 Å². The lowest BCUT2D eigenvalue weighted by atomic mass is 10.2. The first-order valence-corrected chi connectivity index (χ1v) is 5.81. The summed E-state index contributed by atoms with van der Waals surface area (Å²) in [5, 5.41) is 0. The first kappa shape index (κ1) is 11.9. The molecule has 0 spiro atoms. The van der Waals surface area contributed by atoms with Crippen LogP contribution in [-0.2, 0) is 0 Å². The number of H-pyrrole nitrogens is 1. The summed E-state index contributed by atoms with van der Waals surface area (Å²) in [6.45, 7) is 1.78. The Bertz CT molecular complexity index is 608. The predicted octanol–water partition coefficient (Wildman–Crippen LogP) is 2.52. The molecule has 0 saturated heterocycles. The Hall–Kier alpha value is -1.62. The molecule has 2 aromatic rings. The van der Waals surface area contributed by atoms with Crippen molar-refractivity contribution in [1.29, 1.82) is 0 Å². The van der Waals surface area contributed by atoms with Crippen LogP contribution in [0.25, 0.3) is 11.4 Å². The number of hydrogen-bond acceptors (Lipinski definition) is 3. The SMILES string of the molecule is COc1ccc(Br)c(-c2nc(C)cc(=O)[nH]2)c1. The highest BCUT2D eigenvalue weighted by atomic mass is 79.9. The number of ether oxygens (including phenoxy) is 1. The monoisotopic (exact) mass is 294 g/mol. The highest BCUT2D eigenvalue weighted by Gasteiger charge is 2.08. The summed E-state index contributed by atoms with van der Waals surface area (Å²) in [5.74, 6) is 1.24. The van der Waals surface area contributed by atoms with Gasteiger partial charge < -0.3 is 9.72 Å². The van der Waals surface area contributed by atoms with Crippen LogP contribution in [0.1, 0.15) is 5.69 Å². The van der Waals surface area contributed by atoms with Crippen molar-refractivity contribution < 1.29 is 4.74 Å². The quantitative estimate of drug-likeness (QED) is 0.926. The molecule has 4 nitrogen and oxygen atoms in total. The Morgan fingerprint density at radius 1 is 1.35 bits per heavy atom. The second-order valence-corrected chi connectivity index (χ2v) is 4.44. The van der Waals surface area contributed by atoms with Gasteiger partial charge in [0.1, 0.15) is 11.6 Å². The molecule has 0 amide bonds. The maximum Gasteiger partial charge on any atom is 0.251 e. The molecule has 0 saturated carbocycles. The van der Waals surface area contributed by atoms with Gasteiger partial charge in [0, 0.05) is 21.8 Å². The lowest BCUT2D eigenvalue weighted by Crippen LogP contribution is -2.08. The summed E-state index contributed by atoms with van der Waals surface area (Å²) in [7, 11) is 1.60. The van der Waals surface area contributed by atoms with Crippen molar-refractivity contribution >= 4 is 15.9 Å². The standard InChI is InChI=1S/C12H11BrN2O2/c1-7-5-11(16)15-12(14-7)9-6-8(17-2)3-4-10(9)13/h3-6H,1-2H3,(H,14,15,16). The average Bonchev–Trinajstić information content (AvgIpc) is 2.28. The smallest absolute Gasteiger partial charge is 0.251 e. The number of aromatic amines is 1. The molecule has 1 aromatic carbocycles. The van der Waals surface area contributed by atoms with Gasteiger partial charge in [-0.2, -0.15) is 0 Å². The molecule has 88 valence electrons. The Balaban J connectivity index is 2.62. The van der Waals surface area contributed by atoms with Gasteiger partial charge in [0.15, 0.2) is 0 Å². The van der Waals surface area contributed by atoms with E-state index in [0.29, 0.717) is 17.3 Å². The fraction of sp³-hybridized carbons (Fsp3) is 0.167. The minimum Gasteiger partial charge on any atom is -0.497 e. The van der Waals surface area contributed by atoms with Gasteiger partial charge in [0.2, 0.25) is 0 Å². The fourth-order valence-corrected chi connectivity index (χ4v) is 1.95. The van der Waals surface area contributed by atoms with Gasteiger partial charge >= 0.3 is 0 Å². The molecule has 0 unspecified atom stereocenters. The lowest BCUT2D eigenvalue weighted by molar-refractivity contribution is 0.415. The van der Waals surface area contributed by atoms with E-state index in [1.54, 1.807) is 14.0 Å². The van der Waals surface area contributed by atoms with E-state index in [4.69, 9.17) is 4.74 Å². The topological polar surface area (TPSA) is 55.0 Å². The Morgan fingerprint density at radius 2 is 2.12 bits per heavy atom. The van der Waals surface area contributed by atoms with E-state index < -0.39 is 0 Å². The molecule has 0 aliphatic carbocycles. The largest absolute Gasteiger partial charge is 0.497 e. The van der Waals surface area contributed by atoms with Crippen LogP contribution in [0, 0.1) is 6.92 Å². The van der Waals surface area contributed by atoms with Crippen molar-refractivity contribution in [3.63, 3.8) is 0 Å². The van der Waals surface area contributed by atoms with Gasteiger partial charge in [0.25, 0.3) is 5.56 Å². The fourth-order valence-electron chi connectivity index (χ4n) is 1.52. The molecule has 0 bridgehead atoms. The Morgan fingerprint density at radius 3 is 2.76 bits per heavy atom. The third-order valence-electron chi connectivity index (χ3n) is 2.30. The van der Waals surface area contributed by atoms with Crippen LogP contribution in [0.15, 0.2) is 33.5 Å². The average molecular weight is 295 g/mol. The number of halogens is 1. The van der Waals surface area contributed by atoms with Gasteiger partial charge in [-0.1, -0.05) is 15.9 Å². The van der Waals surface area contributed by atoms with Crippen LogP contribution >= 0.6 is 15.9 Å². The number of aryl methyl sites for hydroxylation is 1. The highest BCUT2D eigenvalue weighted by molar-refractivity contribution is 9.10. The van der Waals surface area contributed by atoms with E-state index in [1.165, 1.54) is 6.07 Å². The number of nitrogens with zero attached hydrogens (tertiary/aromatic N) is 1. The minimum atomic E-state index is -0.165. The third kappa shape index (κ3) is 2.55. The van der Waals surface area contributed by atoms with Crippen molar-refractivity contribution in [2.45, 2.75) is 6.92 Å². The van der Waals surface area contributed by atoms with Gasteiger partial charge in [-0.15, -0.1) is 0 Å². The summed E-state index contributed by atoms with van der Waals surface area (Å²) in [4.78, 5) is 18.4. The van der Waals surface area contributed by atoms with E-state index in [0.717, 1.165) is 10.0 Å². The number of aromatic nitrogens is 2. The van der Waals surface area contributed by atoms with Crippen molar-refractivity contribution in [2.75, 3.05) is 7.11 Å². The zero-order valence-corrected chi connectivity index (χ0v) is 11.0. The Labute approximate surface area is 107 Å². The van der Waals surface area contributed by atoms with E-state index in [9.17, 15) is 4.79 Å². The van der Waals surface area contributed by atoms with Gasteiger partial charge in [-0.3, -0.25) is 4.79 Å². The third-order valence-corrected chi connectivity index (χ3v) is 2.99. The molecule has 0 fully saturated rings. The second-order valence-electron chi connectivity index (χ2n) is 3.58. The first-order valence-electron chi connectivity index (χ1n) is 5.02. The van der Waals surface area contributed by atoms with E-state index in [2.05, 4.69) is 25.9 Å². The summed E-state index contributed by atoms with van der Waals surface area (Å²) in [6, 6.07) is 6.97. The number of rotatable bonds is 2. The molecular weight excluding hydrogens is 284 g/mol. The molecule has 1 aromatic heterocycles. The van der Waals surface area contributed by atoms with E-state index in [1.807, 2.05) is 18.2 Å². The molecule has 17 heavy (non-hydrogen) atoms. The van der Waals surface area contributed by atoms with Crippen molar-refractivity contribution in [3.05, 3.63) is 44.8 Å². The summed E-state index contributed by atoms with van der Waals surface area (Å²) in [5.41, 5.74) is 1.31. The molecule has 1 N–H and O–H groups in total. The van der Waals surface area contributed by atoms with Crippen LogP contribution in [0.5, 0.6) is 5.75 Å². The van der Waals surface area contributed by atoms with Gasteiger partial charge in [-0.25, -0.2) is 4.98 Å². The molecule has 0 radical (unpaired) electrons. The maximum absolute atomic E-state index is 11.4. The van der Waals surface area contributed by atoms with Crippen molar-refractivity contribution in [1.82, 2.24) is 9.97 Å². The van der Waals surface area contributed by atoms with Crippen molar-refractivity contribution in [3.8, 4) is 17.1 Å². The lowest BCUT2D eigenvalue weighted by Gasteiger charge is -2.07. The molecule has 0 aliphatic rings. The predicted molar refractivity (Wildman–Crippen MR) is 69.3 cm³/mol. The normalized spacial score (nSPS) is 10.3. The van der Waals surface area contributed by atoms with Crippen LogP contribution < -0.4 is 10.3 Å².